The second-order valence-corrected chi connectivity index (χ2v) is 4.85. The summed E-state index contributed by atoms with van der Waals surface area (Å²) in [7, 11) is 1.71. The van der Waals surface area contributed by atoms with Crippen molar-refractivity contribution in [2.45, 2.75) is 45.6 Å². The number of hydrogen-bond acceptors (Lipinski definition) is 3. The molecule has 0 aromatic rings. The molecule has 94 valence electrons. The van der Waals surface area contributed by atoms with Gasteiger partial charge >= 0.3 is 0 Å². The van der Waals surface area contributed by atoms with Crippen LogP contribution in [0.5, 0.6) is 0 Å². The van der Waals surface area contributed by atoms with Crippen LogP contribution in [-0.2, 0) is 14.3 Å². The molecular weight excluding hydrogens is 206 g/mol. The Labute approximate surface area is 98.0 Å². The van der Waals surface area contributed by atoms with E-state index in [1.54, 1.807) is 12.0 Å². The molecule has 0 radical (unpaired) electrons. The molecule has 0 aromatic heterocycles. The number of rotatable bonds is 1. The minimum Gasteiger partial charge on any atom is -0.379 e. The third-order valence-corrected chi connectivity index (χ3v) is 2.34. The molecule has 1 aliphatic heterocycles. The Morgan fingerprint density at radius 2 is 1.81 bits per heavy atom. The second kappa shape index (κ2) is 7.39. The first-order valence-corrected chi connectivity index (χ1v) is 5.65. The molecule has 4 heteroatoms. The largest absolute Gasteiger partial charge is 0.379 e. The Hall–Kier alpha value is -0.900. The second-order valence-electron chi connectivity index (χ2n) is 4.85. The molecule has 0 spiro atoms. The highest BCUT2D eigenvalue weighted by atomic mass is 16.5. The van der Waals surface area contributed by atoms with Gasteiger partial charge in [-0.05, 0) is 27.2 Å². The van der Waals surface area contributed by atoms with Gasteiger partial charge in [-0.2, -0.15) is 0 Å². The van der Waals surface area contributed by atoms with Gasteiger partial charge in [0.25, 0.3) is 0 Å². The quantitative estimate of drug-likeness (QED) is 0.642. The molecule has 1 fully saturated rings. The van der Waals surface area contributed by atoms with Crippen molar-refractivity contribution in [3.8, 4) is 0 Å². The van der Waals surface area contributed by atoms with E-state index in [4.69, 9.17) is 4.74 Å². The van der Waals surface area contributed by atoms with Crippen molar-refractivity contribution >= 4 is 12.2 Å². The van der Waals surface area contributed by atoms with Gasteiger partial charge in [0.2, 0.25) is 6.41 Å². The minimum atomic E-state index is 0.0417. The van der Waals surface area contributed by atoms with Crippen LogP contribution in [0.2, 0.25) is 0 Å². The van der Waals surface area contributed by atoms with Crippen LogP contribution in [0.25, 0.3) is 0 Å². The van der Waals surface area contributed by atoms with Crippen molar-refractivity contribution in [3.63, 3.8) is 0 Å². The first-order valence-electron chi connectivity index (χ1n) is 5.65. The lowest BCUT2D eigenvalue weighted by molar-refractivity contribution is -0.119. The van der Waals surface area contributed by atoms with E-state index in [1.165, 1.54) is 0 Å². The van der Waals surface area contributed by atoms with Crippen LogP contribution >= 0.6 is 0 Å². The molecule has 0 unspecified atom stereocenters. The molecule has 1 rings (SSSR count). The molecule has 1 aliphatic rings. The predicted molar refractivity (Wildman–Crippen MR) is 63.3 cm³/mol. The Bertz CT molecular complexity index is 221. The van der Waals surface area contributed by atoms with Crippen LogP contribution in [0.3, 0.4) is 0 Å². The fourth-order valence-corrected chi connectivity index (χ4v) is 1.09. The van der Waals surface area contributed by atoms with Crippen LogP contribution in [0.4, 0.5) is 0 Å². The minimum absolute atomic E-state index is 0.0417. The maximum atomic E-state index is 10.8. The molecule has 0 atom stereocenters. The topological polar surface area (TPSA) is 46.6 Å². The average Bonchev–Trinajstić information content (AvgIpc) is 2.42. The highest BCUT2D eigenvalue weighted by molar-refractivity contribution is 5.79. The van der Waals surface area contributed by atoms with E-state index in [9.17, 15) is 9.59 Å². The molecule has 0 saturated carbocycles. The van der Waals surface area contributed by atoms with Gasteiger partial charge in [0.1, 0.15) is 5.78 Å². The molecule has 1 amide bonds. The molecule has 0 aromatic carbocycles. The molecule has 1 heterocycles. The maximum Gasteiger partial charge on any atom is 0.209 e. The summed E-state index contributed by atoms with van der Waals surface area (Å²) in [5.74, 6) is 0.282. The summed E-state index contributed by atoms with van der Waals surface area (Å²) in [5, 5.41) is 0. The van der Waals surface area contributed by atoms with E-state index in [-0.39, 0.29) is 11.4 Å². The van der Waals surface area contributed by atoms with E-state index in [0.717, 1.165) is 19.4 Å². The standard InChI is InChI=1S/C7H11NO2.C5H12O/c9-6-8-4-1-2-7(10)3-5-8;1-5(2,3)6-4/h6H,1-5H2;1-4H3. The zero-order valence-electron chi connectivity index (χ0n) is 10.8. The highest BCUT2D eigenvalue weighted by Gasteiger charge is 2.11. The van der Waals surface area contributed by atoms with Gasteiger partial charge in [0, 0.05) is 33.0 Å². The summed E-state index contributed by atoms with van der Waals surface area (Å²) >= 11 is 0. The number of Topliss-reactive ketones (excluding diaryl/α,β-unsaturated/α-hetero) is 1. The predicted octanol–water partition coefficient (Wildman–Crippen LogP) is 1.63. The zero-order chi connectivity index (χ0) is 12.6. The summed E-state index contributed by atoms with van der Waals surface area (Å²) in [6.07, 6.45) is 2.83. The van der Waals surface area contributed by atoms with E-state index in [0.29, 0.717) is 19.4 Å². The highest BCUT2D eigenvalue weighted by Crippen LogP contribution is 2.04. The summed E-state index contributed by atoms with van der Waals surface area (Å²) in [4.78, 5) is 22.7. The summed E-state index contributed by atoms with van der Waals surface area (Å²) < 4.78 is 4.94. The third kappa shape index (κ3) is 8.41. The van der Waals surface area contributed by atoms with Gasteiger partial charge in [0.15, 0.2) is 0 Å². The van der Waals surface area contributed by atoms with Crippen LogP contribution in [0.1, 0.15) is 40.0 Å². The number of carbonyl (C=O) groups is 2. The van der Waals surface area contributed by atoms with E-state index in [1.807, 2.05) is 20.8 Å². The van der Waals surface area contributed by atoms with Gasteiger partial charge < -0.3 is 9.64 Å². The van der Waals surface area contributed by atoms with Gasteiger partial charge in [0.05, 0.1) is 5.60 Å². The number of ether oxygens (including phenoxy) is 1. The van der Waals surface area contributed by atoms with Crippen LogP contribution in [0.15, 0.2) is 0 Å². The Kier molecular flexibility index (Phi) is 6.97. The summed E-state index contributed by atoms with van der Waals surface area (Å²) in [6, 6.07) is 0. The lowest BCUT2D eigenvalue weighted by Crippen LogP contribution is -2.22. The van der Waals surface area contributed by atoms with Gasteiger partial charge in [-0.1, -0.05) is 0 Å². The zero-order valence-corrected chi connectivity index (χ0v) is 10.8. The van der Waals surface area contributed by atoms with Crippen molar-refractivity contribution in [2.24, 2.45) is 0 Å². The fraction of sp³-hybridized carbons (Fsp3) is 0.833. The lowest BCUT2D eigenvalue weighted by Gasteiger charge is -2.14. The van der Waals surface area contributed by atoms with Crippen LogP contribution in [0, 0.1) is 0 Å². The number of hydrogen-bond donors (Lipinski definition) is 0. The molecule has 16 heavy (non-hydrogen) atoms. The molecule has 1 saturated heterocycles. The van der Waals surface area contributed by atoms with Gasteiger partial charge in [-0.25, -0.2) is 0 Å². The SMILES string of the molecule is COC(C)(C)C.O=CN1CCCC(=O)CC1. The first kappa shape index (κ1) is 15.1. The Balaban J connectivity index is 0.000000325. The average molecular weight is 229 g/mol. The van der Waals surface area contributed by atoms with E-state index >= 15 is 0 Å². The first-order chi connectivity index (χ1) is 7.39. The molecule has 0 bridgehead atoms. The van der Waals surface area contributed by atoms with Crippen molar-refractivity contribution in [3.05, 3.63) is 0 Å². The normalized spacial score (nSPS) is 17.2. The molecular formula is C12H23NO3. The van der Waals surface area contributed by atoms with Crippen LogP contribution < -0.4 is 0 Å². The number of nitrogens with zero attached hydrogens (tertiary/aromatic N) is 1. The van der Waals surface area contributed by atoms with E-state index in [2.05, 4.69) is 0 Å². The Morgan fingerprint density at radius 1 is 1.25 bits per heavy atom. The van der Waals surface area contributed by atoms with Gasteiger partial charge in [-0.15, -0.1) is 0 Å². The molecule has 0 N–H and O–H groups in total. The molecule has 0 aliphatic carbocycles. The smallest absolute Gasteiger partial charge is 0.209 e. The number of carbonyl (C=O) groups excluding carboxylic acids is 2. The van der Waals surface area contributed by atoms with Gasteiger partial charge in [-0.3, -0.25) is 9.59 Å². The number of ketones is 1. The van der Waals surface area contributed by atoms with Crippen molar-refractivity contribution < 1.29 is 14.3 Å². The third-order valence-electron chi connectivity index (χ3n) is 2.34. The monoisotopic (exact) mass is 229 g/mol. The number of likely N-dealkylation sites (tertiary alicyclic amines) is 1. The van der Waals surface area contributed by atoms with Crippen molar-refractivity contribution in [2.75, 3.05) is 20.2 Å². The number of methoxy groups -OCH3 is 1. The number of amides is 1. The van der Waals surface area contributed by atoms with Crippen molar-refractivity contribution in [1.29, 1.82) is 0 Å². The maximum absolute atomic E-state index is 10.8. The van der Waals surface area contributed by atoms with Crippen LogP contribution in [-0.4, -0.2) is 42.9 Å². The van der Waals surface area contributed by atoms with Crippen molar-refractivity contribution in [1.82, 2.24) is 4.90 Å². The lowest BCUT2D eigenvalue weighted by atomic mass is 10.2. The summed E-state index contributed by atoms with van der Waals surface area (Å²) in [5.41, 5.74) is 0.0417. The van der Waals surface area contributed by atoms with E-state index < -0.39 is 0 Å². The fourth-order valence-electron chi connectivity index (χ4n) is 1.09. The Morgan fingerprint density at radius 3 is 2.25 bits per heavy atom. The summed E-state index contributed by atoms with van der Waals surface area (Å²) in [6.45, 7) is 7.42. The molecule has 4 nitrogen and oxygen atoms in total.